The van der Waals surface area contributed by atoms with E-state index in [1.54, 1.807) is 14.0 Å². The van der Waals surface area contributed by atoms with E-state index in [4.69, 9.17) is 5.11 Å². The molecule has 0 aromatic rings. The van der Waals surface area contributed by atoms with Crippen LogP contribution in [-0.4, -0.2) is 59.4 Å². The van der Waals surface area contributed by atoms with E-state index in [1.807, 2.05) is 0 Å². The lowest BCUT2D eigenvalue weighted by Gasteiger charge is -2.22. The molecule has 0 spiro atoms. The highest BCUT2D eigenvalue weighted by Gasteiger charge is 2.42. The quantitative estimate of drug-likeness (QED) is 0.742. The predicted molar refractivity (Wildman–Crippen MR) is 60.3 cm³/mol. The Morgan fingerprint density at radius 2 is 2.00 bits per heavy atom. The molecule has 6 heteroatoms. The minimum atomic E-state index is -0.882. The van der Waals surface area contributed by atoms with Gasteiger partial charge in [0.2, 0.25) is 11.8 Å². The van der Waals surface area contributed by atoms with Gasteiger partial charge in [-0.1, -0.05) is 0 Å². The normalized spacial score (nSPS) is 23.6. The van der Waals surface area contributed by atoms with Crippen molar-refractivity contribution in [2.75, 3.05) is 26.7 Å². The van der Waals surface area contributed by atoms with Crippen LogP contribution in [0.3, 0.4) is 0 Å². The minimum Gasteiger partial charge on any atom is -0.481 e. The summed E-state index contributed by atoms with van der Waals surface area (Å²) in [6.45, 7) is 3.68. The van der Waals surface area contributed by atoms with Crippen LogP contribution >= 0.6 is 0 Å². The molecule has 1 rings (SSSR count). The van der Waals surface area contributed by atoms with Crippen molar-refractivity contribution >= 4 is 17.8 Å². The fourth-order valence-electron chi connectivity index (χ4n) is 1.76. The third-order valence-electron chi connectivity index (χ3n) is 3.25. The first-order valence-electron chi connectivity index (χ1n) is 5.49. The number of carbonyl (C=O) groups excluding carboxylic acids is 2. The Hall–Kier alpha value is -1.59. The van der Waals surface area contributed by atoms with E-state index < -0.39 is 11.4 Å². The summed E-state index contributed by atoms with van der Waals surface area (Å²) >= 11 is 0. The summed E-state index contributed by atoms with van der Waals surface area (Å²) < 4.78 is 0. The Morgan fingerprint density at radius 1 is 1.41 bits per heavy atom. The highest BCUT2D eigenvalue weighted by molar-refractivity contribution is 5.85. The second kappa shape index (κ2) is 4.73. The Balaban J connectivity index is 2.57. The molecule has 0 bridgehead atoms. The topological polar surface area (TPSA) is 77.9 Å². The molecule has 96 valence electrons. The van der Waals surface area contributed by atoms with Gasteiger partial charge in [-0.2, -0.15) is 0 Å². The van der Waals surface area contributed by atoms with Gasteiger partial charge in [-0.05, 0) is 13.3 Å². The van der Waals surface area contributed by atoms with E-state index in [2.05, 4.69) is 0 Å². The number of rotatable bonds is 3. The van der Waals surface area contributed by atoms with Crippen molar-refractivity contribution in [1.82, 2.24) is 9.80 Å². The zero-order chi connectivity index (χ0) is 13.2. The van der Waals surface area contributed by atoms with Gasteiger partial charge in [-0.25, -0.2) is 0 Å². The van der Waals surface area contributed by atoms with E-state index in [1.165, 1.54) is 16.7 Å². The molecule has 1 heterocycles. The third kappa shape index (κ3) is 2.95. The number of carboxylic acids is 1. The second-order valence-corrected chi connectivity index (χ2v) is 4.81. The average Bonchev–Trinajstić information content (AvgIpc) is 2.62. The van der Waals surface area contributed by atoms with E-state index in [-0.39, 0.29) is 24.9 Å². The number of carboxylic acid groups (broad SMARTS) is 1. The lowest BCUT2D eigenvalue weighted by Crippen LogP contribution is -2.41. The first-order valence-corrected chi connectivity index (χ1v) is 5.49. The van der Waals surface area contributed by atoms with Crippen molar-refractivity contribution < 1.29 is 19.5 Å². The summed E-state index contributed by atoms with van der Waals surface area (Å²) in [5.41, 5.74) is -0.857. The van der Waals surface area contributed by atoms with Crippen molar-refractivity contribution in [3.63, 3.8) is 0 Å². The Bertz CT molecular complexity index is 355. The maximum Gasteiger partial charge on any atom is 0.311 e. The van der Waals surface area contributed by atoms with Gasteiger partial charge in [0, 0.05) is 27.1 Å². The lowest BCUT2D eigenvalue weighted by molar-refractivity contribution is -0.147. The molecule has 1 aliphatic rings. The van der Waals surface area contributed by atoms with Crippen LogP contribution in [0.5, 0.6) is 0 Å². The predicted octanol–water partition coefficient (Wildman–Crippen LogP) is -0.212. The molecule has 6 nitrogen and oxygen atoms in total. The fourth-order valence-corrected chi connectivity index (χ4v) is 1.76. The molecule has 1 fully saturated rings. The van der Waals surface area contributed by atoms with E-state index in [9.17, 15) is 14.4 Å². The molecule has 1 atom stereocenters. The number of amides is 2. The standard InChI is InChI=1S/C11H18N2O4/c1-8(14)12(3)6-9(15)13-5-4-11(2,7-13)10(16)17/h4-7H2,1-3H3,(H,16,17). The van der Waals surface area contributed by atoms with Gasteiger partial charge in [0.05, 0.1) is 12.0 Å². The maximum atomic E-state index is 11.8. The smallest absolute Gasteiger partial charge is 0.311 e. The summed E-state index contributed by atoms with van der Waals surface area (Å²) in [4.78, 5) is 36.6. The van der Waals surface area contributed by atoms with Gasteiger partial charge in [-0.15, -0.1) is 0 Å². The van der Waals surface area contributed by atoms with Crippen LogP contribution < -0.4 is 0 Å². The van der Waals surface area contributed by atoms with Crippen molar-refractivity contribution in [3.05, 3.63) is 0 Å². The SMILES string of the molecule is CC(=O)N(C)CC(=O)N1CCC(C)(C(=O)O)C1. The van der Waals surface area contributed by atoms with Crippen LogP contribution in [0.15, 0.2) is 0 Å². The highest BCUT2D eigenvalue weighted by atomic mass is 16.4. The zero-order valence-electron chi connectivity index (χ0n) is 10.4. The van der Waals surface area contributed by atoms with Gasteiger partial charge in [0.1, 0.15) is 0 Å². The summed E-state index contributed by atoms with van der Waals surface area (Å²) in [6, 6.07) is 0. The van der Waals surface area contributed by atoms with Crippen LogP contribution in [0, 0.1) is 5.41 Å². The number of carbonyl (C=O) groups is 3. The van der Waals surface area contributed by atoms with Gasteiger partial charge in [0.25, 0.3) is 0 Å². The first kappa shape index (κ1) is 13.5. The molecule has 0 aromatic heterocycles. The summed E-state index contributed by atoms with van der Waals surface area (Å²) in [6.07, 6.45) is 0.456. The number of hydrogen-bond acceptors (Lipinski definition) is 3. The van der Waals surface area contributed by atoms with Crippen LogP contribution in [0.25, 0.3) is 0 Å². The van der Waals surface area contributed by atoms with Crippen molar-refractivity contribution in [2.45, 2.75) is 20.3 Å². The fraction of sp³-hybridized carbons (Fsp3) is 0.727. The Labute approximate surface area is 100 Å². The molecule has 1 unspecified atom stereocenters. The van der Waals surface area contributed by atoms with Crippen LogP contribution in [0.4, 0.5) is 0 Å². The molecule has 2 amide bonds. The largest absolute Gasteiger partial charge is 0.481 e. The molecule has 1 N–H and O–H groups in total. The second-order valence-electron chi connectivity index (χ2n) is 4.81. The molecule has 0 saturated carbocycles. The molecule has 0 aliphatic carbocycles. The average molecular weight is 242 g/mol. The van der Waals surface area contributed by atoms with Crippen LogP contribution in [-0.2, 0) is 14.4 Å². The van der Waals surface area contributed by atoms with Gasteiger partial charge in [-0.3, -0.25) is 14.4 Å². The molecular weight excluding hydrogens is 224 g/mol. The number of likely N-dealkylation sites (tertiary alicyclic amines) is 1. The first-order chi connectivity index (χ1) is 7.76. The zero-order valence-corrected chi connectivity index (χ0v) is 10.4. The van der Waals surface area contributed by atoms with Crippen LogP contribution in [0.2, 0.25) is 0 Å². The van der Waals surface area contributed by atoms with Crippen LogP contribution in [0.1, 0.15) is 20.3 Å². The summed E-state index contributed by atoms with van der Waals surface area (Å²) in [5.74, 6) is -1.26. The molecular formula is C11H18N2O4. The number of aliphatic carboxylic acids is 1. The Kier molecular flexibility index (Phi) is 3.75. The Morgan fingerprint density at radius 3 is 2.41 bits per heavy atom. The van der Waals surface area contributed by atoms with Gasteiger partial charge < -0.3 is 14.9 Å². The third-order valence-corrected chi connectivity index (χ3v) is 3.25. The van der Waals surface area contributed by atoms with Gasteiger partial charge >= 0.3 is 5.97 Å². The lowest BCUT2D eigenvalue weighted by atomic mass is 9.90. The number of likely N-dealkylation sites (N-methyl/N-ethyl adjacent to an activating group) is 1. The number of hydrogen-bond donors (Lipinski definition) is 1. The number of nitrogens with zero attached hydrogens (tertiary/aromatic N) is 2. The minimum absolute atomic E-state index is 0.00499. The van der Waals surface area contributed by atoms with Gasteiger partial charge in [0.15, 0.2) is 0 Å². The van der Waals surface area contributed by atoms with E-state index in [0.29, 0.717) is 13.0 Å². The molecule has 0 aromatic carbocycles. The van der Waals surface area contributed by atoms with E-state index >= 15 is 0 Å². The highest BCUT2D eigenvalue weighted by Crippen LogP contribution is 2.30. The maximum absolute atomic E-state index is 11.8. The molecule has 17 heavy (non-hydrogen) atoms. The monoisotopic (exact) mass is 242 g/mol. The molecule has 1 aliphatic heterocycles. The summed E-state index contributed by atoms with van der Waals surface area (Å²) in [7, 11) is 1.55. The molecule has 0 radical (unpaired) electrons. The van der Waals surface area contributed by atoms with Crippen molar-refractivity contribution in [1.29, 1.82) is 0 Å². The van der Waals surface area contributed by atoms with E-state index in [0.717, 1.165) is 0 Å². The van der Waals surface area contributed by atoms with Crippen molar-refractivity contribution in [3.8, 4) is 0 Å². The summed E-state index contributed by atoms with van der Waals surface area (Å²) in [5, 5.41) is 9.04. The molecule has 1 saturated heterocycles. The van der Waals surface area contributed by atoms with Crippen molar-refractivity contribution in [2.24, 2.45) is 5.41 Å².